The maximum Gasteiger partial charge on any atom is 0.155 e. The summed E-state index contributed by atoms with van der Waals surface area (Å²) in [6, 6.07) is 2.02. The van der Waals surface area contributed by atoms with E-state index in [1.165, 1.54) is 16.0 Å². The molecule has 0 amide bonds. The molecule has 0 fully saturated rings. The van der Waals surface area contributed by atoms with E-state index < -0.39 is 0 Å². The summed E-state index contributed by atoms with van der Waals surface area (Å²) in [7, 11) is 0. The molecule has 0 aromatic carbocycles. The molecule has 5 rings (SSSR count). The Morgan fingerprint density at radius 2 is 2.23 bits per heavy atom. The zero-order chi connectivity index (χ0) is 17.7. The predicted molar refractivity (Wildman–Crippen MR) is 105 cm³/mol. The monoisotopic (exact) mass is 362 g/mol. The minimum absolute atomic E-state index is 0.577. The summed E-state index contributed by atoms with van der Waals surface area (Å²) in [5, 5.41) is 12.4. The second kappa shape index (κ2) is 5.88. The van der Waals surface area contributed by atoms with E-state index in [2.05, 4.69) is 44.0 Å². The van der Waals surface area contributed by atoms with Gasteiger partial charge in [-0.15, -0.1) is 11.3 Å². The second-order valence-corrected chi connectivity index (χ2v) is 7.93. The SMILES string of the molecule is C=C(C)C1CCc2c(sc3ncnc(Nc4cnc5[nH]ncc5c4)c23)C1. The number of fused-ring (bicyclic) bond motifs is 4. The topological polar surface area (TPSA) is 79.4 Å². The van der Waals surface area contributed by atoms with Gasteiger partial charge in [0.2, 0.25) is 0 Å². The number of anilines is 2. The Morgan fingerprint density at radius 1 is 1.31 bits per heavy atom. The molecule has 7 heteroatoms. The number of H-pyrrole nitrogens is 1. The summed E-state index contributed by atoms with van der Waals surface area (Å²) in [5.41, 5.74) is 4.34. The number of hydrogen-bond donors (Lipinski definition) is 2. The lowest BCUT2D eigenvalue weighted by atomic mass is 9.84. The minimum Gasteiger partial charge on any atom is -0.338 e. The number of aryl methyl sites for hydroxylation is 1. The second-order valence-electron chi connectivity index (χ2n) is 6.85. The first-order chi connectivity index (χ1) is 12.7. The van der Waals surface area contributed by atoms with E-state index in [9.17, 15) is 0 Å². The number of aromatic nitrogens is 5. The largest absolute Gasteiger partial charge is 0.338 e. The van der Waals surface area contributed by atoms with Gasteiger partial charge in [-0.05, 0) is 43.7 Å². The van der Waals surface area contributed by atoms with Crippen LogP contribution in [0.1, 0.15) is 23.8 Å². The quantitative estimate of drug-likeness (QED) is 0.529. The molecule has 0 radical (unpaired) electrons. The van der Waals surface area contributed by atoms with E-state index >= 15 is 0 Å². The summed E-state index contributed by atoms with van der Waals surface area (Å²) in [4.78, 5) is 15.9. The molecule has 1 aliphatic rings. The molecule has 0 saturated heterocycles. The van der Waals surface area contributed by atoms with Crippen LogP contribution in [0, 0.1) is 5.92 Å². The highest BCUT2D eigenvalue weighted by atomic mass is 32.1. The minimum atomic E-state index is 0.577. The number of rotatable bonds is 3. The summed E-state index contributed by atoms with van der Waals surface area (Å²) in [6.07, 6.45) is 8.46. The number of nitrogens with one attached hydrogen (secondary N) is 2. The molecule has 0 saturated carbocycles. The molecule has 4 aromatic heterocycles. The van der Waals surface area contributed by atoms with Gasteiger partial charge in [-0.3, -0.25) is 5.10 Å². The van der Waals surface area contributed by atoms with Crippen LogP contribution in [-0.2, 0) is 12.8 Å². The van der Waals surface area contributed by atoms with E-state index in [-0.39, 0.29) is 0 Å². The van der Waals surface area contributed by atoms with E-state index in [4.69, 9.17) is 0 Å². The summed E-state index contributed by atoms with van der Waals surface area (Å²) >= 11 is 1.79. The van der Waals surface area contributed by atoms with E-state index in [0.717, 1.165) is 52.0 Å². The Kier molecular flexibility index (Phi) is 3.49. The average molecular weight is 362 g/mol. The van der Waals surface area contributed by atoms with E-state index in [0.29, 0.717) is 5.92 Å². The fraction of sp³-hybridized carbons (Fsp3) is 0.263. The first kappa shape index (κ1) is 15.5. The van der Waals surface area contributed by atoms with Crippen molar-refractivity contribution in [2.75, 3.05) is 5.32 Å². The zero-order valence-electron chi connectivity index (χ0n) is 14.4. The molecular weight excluding hydrogens is 344 g/mol. The third-order valence-electron chi connectivity index (χ3n) is 5.10. The lowest BCUT2D eigenvalue weighted by Crippen LogP contribution is -2.13. The highest BCUT2D eigenvalue weighted by Crippen LogP contribution is 2.41. The maximum atomic E-state index is 4.52. The average Bonchev–Trinajstić information content (AvgIpc) is 3.25. The number of allylic oxidation sites excluding steroid dienone is 1. The van der Waals surface area contributed by atoms with Crippen LogP contribution in [0.4, 0.5) is 11.5 Å². The molecule has 0 bridgehead atoms. The van der Waals surface area contributed by atoms with Gasteiger partial charge in [0.05, 0.1) is 23.5 Å². The first-order valence-corrected chi connectivity index (χ1v) is 9.47. The van der Waals surface area contributed by atoms with Crippen molar-refractivity contribution in [1.29, 1.82) is 0 Å². The third-order valence-corrected chi connectivity index (χ3v) is 6.26. The van der Waals surface area contributed by atoms with Crippen molar-refractivity contribution >= 4 is 44.1 Å². The molecule has 4 heterocycles. The molecule has 130 valence electrons. The van der Waals surface area contributed by atoms with Gasteiger partial charge >= 0.3 is 0 Å². The first-order valence-electron chi connectivity index (χ1n) is 8.66. The molecule has 4 aromatic rings. The van der Waals surface area contributed by atoms with Crippen molar-refractivity contribution in [3.63, 3.8) is 0 Å². The van der Waals surface area contributed by atoms with Crippen molar-refractivity contribution < 1.29 is 0 Å². The van der Waals surface area contributed by atoms with Crippen molar-refractivity contribution in [3.05, 3.63) is 47.4 Å². The van der Waals surface area contributed by atoms with Crippen molar-refractivity contribution in [1.82, 2.24) is 25.1 Å². The Bertz CT molecular complexity index is 1140. The molecule has 26 heavy (non-hydrogen) atoms. The van der Waals surface area contributed by atoms with Gasteiger partial charge < -0.3 is 5.32 Å². The molecule has 1 aliphatic carbocycles. The number of pyridine rings is 1. The van der Waals surface area contributed by atoms with Gasteiger partial charge in [0.15, 0.2) is 5.65 Å². The summed E-state index contributed by atoms with van der Waals surface area (Å²) in [6.45, 7) is 6.28. The van der Waals surface area contributed by atoms with Crippen LogP contribution in [0.25, 0.3) is 21.3 Å². The molecule has 2 N–H and O–H groups in total. The fourth-order valence-electron chi connectivity index (χ4n) is 3.67. The summed E-state index contributed by atoms with van der Waals surface area (Å²) < 4.78 is 0. The van der Waals surface area contributed by atoms with Gasteiger partial charge in [-0.1, -0.05) is 12.2 Å². The van der Waals surface area contributed by atoms with Crippen LogP contribution in [0.3, 0.4) is 0 Å². The zero-order valence-corrected chi connectivity index (χ0v) is 15.2. The highest BCUT2D eigenvalue weighted by Gasteiger charge is 2.25. The van der Waals surface area contributed by atoms with Crippen LogP contribution in [-0.4, -0.2) is 25.1 Å². The van der Waals surface area contributed by atoms with Crippen LogP contribution < -0.4 is 5.32 Å². The Morgan fingerprint density at radius 3 is 3.12 bits per heavy atom. The smallest absolute Gasteiger partial charge is 0.155 e. The van der Waals surface area contributed by atoms with Crippen LogP contribution in [0.2, 0.25) is 0 Å². The third kappa shape index (κ3) is 2.47. The maximum absolute atomic E-state index is 4.52. The van der Waals surface area contributed by atoms with E-state index in [1.807, 2.05) is 6.07 Å². The molecule has 6 nitrogen and oxygen atoms in total. The molecule has 1 atom stereocenters. The van der Waals surface area contributed by atoms with Crippen molar-refractivity contribution in [3.8, 4) is 0 Å². The van der Waals surface area contributed by atoms with Crippen molar-refractivity contribution in [2.45, 2.75) is 26.2 Å². The lowest BCUT2D eigenvalue weighted by molar-refractivity contribution is 0.536. The Balaban J connectivity index is 1.57. The van der Waals surface area contributed by atoms with Gasteiger partial charge in [0, 0.05) is 10.3 Å². The lowest BCUT2D eigenvalue weighted by Gasteiger charge is -2.22. The van der Waals surface area contributed by atoms with Gasteiger partial charge in [-0.2, -0.15) is 5.10 Å². The molecule has 1 unspecified atom stereocenters. The number of nitrogens with zero attached hydrogens (tertiary/aromatic N) is 4. The Labute approximate surface area is 154 Å². The predicted octanol–water partition coefficient (Wildman–Crippen LogP) is 4.39. The standard InChI is InChI=1S/C19H18N6S/c1-10(2)11-3-4-14-15(6-11)26-19-16(14)18(21-9-22-19)24-13-5-12-7-23-25-17(12)20-8-13/h5,7-9,11H,1,3-4,6H2,2H3,(H,20,23,25)(H,21,22,24). The van der Waals surface area contributed by atoms with Crippen LogP contribution >= 0.6 is 11.3 Å². The van der Waals surface area contributed by atoms with Crippen LogP contribution in [0.5, 0.6) is 0 Å². The summed E-state index contributed by atoms with van der Waals surface area (Å²) in [5.74, 6) is 1.43. The normalized spacial score (nSPS) is 16.7. The van der Waals surface area contributed by atoms with Crippen LogP contribution in [0.15, 0.2) is 36.9 Å². The van der Waals surface area contributed by atoms with Crippen molar-refractivity contribution in [2.24, 2.45) is 5.92 Å². The molecule has 0 spiro atoms. The Hall–Kier alpha value is -2.80. The van der Waals surface area contributed by atoms with Gasteiger partial charge in [0.25, 0.3) is 0 Å². The number of thiophene rings is 1. The number of aromatic amines is 1. The highest BCUT2D eigenvalue weighted by molar-refractivity contribution is 7.19. The van der Waals surface area contributed by atoms with E-state index in [1.54, 1.807) is 30.1 Å². The van der Waals surface area contributed by atoms with Gasteiger partial charge in [-0.25, -0.2) is 15.0 Å². The molecular formula is C19H18N6S. The van der Waals surface area contributed by atoms with Gasteiger partial charge in [0.1, 0.15) is 17.0 Å². The number of hydrogen-bond acceptors (Lipinski definition) is 6. The fourth-order valence-corrected chi connectivity index (χ4v) is 4.93. The molecule has 0 aliphatic heterocycles.